The third-order valence-corrected chi connectivity index (χ3v) is 2.73. The van der Waals surface area contributed by atoms with Gasteiger partial charge in [-0.25, -0.2) is 0 Å². The molecule has 2 aromatic carbocycles. The highest BCUT2D eigenvalue weighted by molar-refractivity contribution is 5.75. The van der Waals surface area contributed by atoms with Crippen LogP contribution >= 0.6 is 0 Å². The molecule has 0 radical (unpaired) electrons. The van der Waals surface area contributed by atoms with Gasteiger partial charge in [0.2, 0.25) is 0 Å². The van der Waals surface area contributed by atoms with Crippen molar-refractivity contribution in [2.24, 2.45) is 0 Å². The molecule has 4 heteroatoms. The molecule has 0 aliphatic carbocycles. The number of rotatable bonds is 3. The molecule has 2 rings (SSSR count). The maximum atomic E-state index is 12.7. The van der Waals surface area contributed by atoms with Crippen molar-refractivity contribution >= 4 is 6.29 Å². The zero-order valence-electron chi connectivity index (χ0n) is 9.95. The zero-order valence-corrected chi connectivity index (χ0v) is 9.95. The molecule has 0 N–H and O–H groups in total. The van der Waals surface area contributed by atoms with E-state index >= 15 is 0 Å². The summed E-state index contributed by atoms with van der Waals surface area (Å²) in [7, 11) is 0. The Hall–Kier alpha value is -2.10. The van der Waals surface area contributed by atoms with Crippen LogP contribution in [0, 0.1) is 0 Å². The molecule has 0 unspecified atom stereocenters. The maximum Gasteiger partial charge on any atom is 0.416 e. The average Bonchev–Trinajstić information content (AvgIpc) is 2.38. The highest BCUT2D eigenvalue weighted by atomic mass is 19.4. The smallest absolute Gasteiger partial charge is 0.298 e. The Morgan fingerprint density at radius 3 is 2.21 bits per heavy atom. The Morgan fingerprint density at radius 2 is 1.63 bits per heavy atom. The Kier molecular flexibility index (Phi) is 3.69. The summed E-state index contributed by atoms with van der Waals surface area (Å²) in [6.45, 7) is 0. The van der Waals surface area contributed by atoms with E-state index in [2.05, 4.69) is 0 Å². The van der Waals surface area contributed by atoms with Gasteiger partial charge >= 0.3 is 6.18 Å². The molecule has 0 heterocycles. The second-order valence-electron chi connectivity index (χ2n) is 4.24. The van der Waals surface area contributed by atoms with Crippen LogP contribution in [0.15, 0.2) is 48.5 Å². The average molecular weight is 264 g/mol. The number of carbonyl (C=O) groups excluding carboxylic acids is 1. The predicted molar refractivity (Wildman–Crippen MR) is 66.1 cm³/mol. The van der Waals surface area contributed by atoms with Crippen molar-refractivity contribution in [2.75, 3.05) is 0 Å². The van der Waals surface area contributed by atoms with Crippen LogP contribution in [0.4, 0.5) is 13.2 Å². The molecule has 2 aromatic rings. The second kappa shape index (κ2) is 5.26. The third kappa shape index (κ3) is 3.44. The van der Waals surface area contributed by atoms with Crippen molar-refractivity contribution in [1.29, 1.82) is 0 Å². The van der Waals surface area contributed by atoms with Crippen LogP contribution in [0.3, 0.4) is 0 Å². The number of hydrogen-bond acceptors (Lipinski definition) is 1. The van der Waals surface area contributed by atoms with Gasteiger partial charge in [0.25, 0.3) is 0 Å². The van der Waals surface area contributed by atoms with Crippen molar-refractivity contribution < 1.29 is 18.0 Å². The lowest BCUT2D eigenvalue weighted by Gasteiger charge is -2.10. The van der Waals surface area contributed by atoms with Gasteiger partial charge in [-0.15, -0.1) is 0 Å². The van der Waals surface area contributed by atoms with Gasteiger partial charge in [0.1, 0.15) is 6.29 Å². The van der Waals surface area contributed by atoms with E-state index in [9.17, 15) is 18.0 Å². The molecular formula is C15H11F3O. The van der Waals surface area contributed by atoms with Gasteiger partial charge in [0.15, 0.2) is 0 Å². The molecule has 0 fully saturated rings. The fourth-order valence-electron chi connectivity index (χ4n) is 1.88. The summed E-state index contributed by atoms with van der Waals surface area (Å²) in [6.07, 6.45) is -3.64. The first-order chi connectivity index (χ1) is 8.99. The summed E-state index contributed by atoms with van der Waals surface area (Å²) >= 11 is 0. The van der Waals surface area contributed by atoms with Gasteiger partial charge in [-0.2, -0.15) is 13.2 Å². The van der Waals surface area contributed by atoms with E-state index in [0.29, 0.717) is 18.3 Å². The van der Waals surface area contributed by atoms with E-state index in [-0.39, 0.29) is 5.56 Å². The van der Waals surface area contributed by atoms with Crippen molar-refractivity contribution in [1.82, 2.24) is 0 Å². The highest BCUT2D eigenvalue weighted by Crippen LogP contribution is 2.30. The molecule has 0 bridgehead atoms. The normalized spacial score (nSPS) is 11.3. The van der Waals surface area contributed by atoms with Crippen LogP contribution in [-0.2, 0) is 12.6 Å². The first kappa shape index (κ1) is 13.3. The van der Waals surface area contributed by atoms with Gasteiger partial charge in [0, 0.05) is 5.56 Å². The maximum absolute atomic E-state index is 12.7. The Bertz CT molecular complexity index is 574. The van der Waals surface area contributed by atoms with E-state index in [1.54, 1.807) is 0 Å². The first-order valence-electron chi connectivity index (χ1n) is 5.69. The van der Waals surface area contributed by atoms with Crippen molar-refractivity contribution in [3.8, 4) is 0 Å². The minimum absolute atomic E-state index is 0.0424. The van der Waals surface area contributed by atoms with Gasteiger partial charge in [-0.3, -0.25) is 4.79 Å². The number of carbonyl (C=O) groups is 1. The van der Waals surface area contributed by atoms with Crippen molar-refractivity contribution in [3.05, 3.63) is 70.8 Å². The number of alkyl halides is 3. The van der Waals surface area contributed by atoms with Gasteiger partial charge < -0.3 is 0 Å². The lowest BCUT2D eigenvalue weighted by atomic mass is 10.00. The van der Waals surface area contributed by atoms with Crippen LogP contribution in [0.2, 0.25) is 0 Å². The Labute approximate surface area is 108 Å². The monoisotopic (exact) mass is 264 g/mol. The van der Waals surface area contributed by atoms with Gasteiger partial charge in [-0.1, -0.05) is 30.3 Å². The van der Waals surface area contributed by atoms with Gasteiger partial charge in [0.05, 0.1) is 5.56 Å². The standard InChI is InChI=1S/C15H11F3O/c16-15(17,18)14-8-12(7-13(9-14)10-19)6-11-4-2-1-3-5-11/h1-5,7-10H,6H2. The van der Waals surface area contributed by atoms with Crippen LogP contribution in [0.5, 0.6) is 0 Å². The third-order valence-electron chi connectivity index (χ3n) is 2.73. The fourth-order valence-corrected chi connectivity index (χ4v) is 1.88. The molecular weight excluding hydrogens is 253 g/mol. The Balaban J connectivity index is 2.38. The molecule has 0 aliphatic rings. The first-order valence-corrected chi connectivity index (χ1v) is 5.69. The number of aldehydes is 1. The molecule has 0 amide bonds. The predicted octanol–water partition coefficient (Wildman–Crippen LogP) is 4.11. The molecule has 0 aliphatic heterocycles. The van der Waals surface area contributed by atoms with Crippen LogP contribution < -0.4 is 0 Å². The molecule has 0 saturated heterocycles. The van der Waals surface area contributed by atoms with E-state index in [1.807, 2.05) is 30.3 Å². The molecule has 0 aromatic heterocycles. The summed E-state index contributed by atoms with van der Waals surface area (Å²) < 4.78 is 38.1. The quantitative estimate of drug-likeness (QED) is 0.762. The molecule has 1 nitrogen and oxygen atoms in total. The lowest BCUT2D eigenvalue weighted by molar-refractivity contribution is -0.137. The van der Waals surface area contributed by atoms with Crippen LogP contribution in [0.25, 0.3) is 0 Å². The zero-order chi connectivity index (χ0) is 13.9. The highest BCUT2D eigenvalue weighted by Gasteiger charge is 2.31. The fraction of sp³-hybridized carbons (Fsp3) is 0.133. The molecule has 98 valence electrons. The van der Waals surface area contributed by atoms with Crippen molar-refractivity contribution in [3.63, 3.8) is 0 Å². The minimum Gasteiger partial charge on any atom is -0.298 e. The van der Waals surface area contributed by atoms with E-state index in [4.69, 9.17) is 0 Å². The van der Waals surface area contributed by atoms with Crippen LogP contribution in [0.1, 0.15) is 27.0 Å². The molecule has 0 atom stereocenters. The van der Waals surface area contributed by atoms with E-state index in [1.165, 1.54) is 6.07 Å². The lowest BCUT2D eigenvalue weighted by Crippen LogP contribution is -2.07. The summed E-state index contributed by atoms with van der Waals surface area (Å²) in [5.74, 6) is 0. The van der Waals surface area contributed by atoms with E-state index < -0.39 is 11.7 Å². The molecule has 19 heavy (non-hydrogen) atoms. The summed E-state index contributed by atoms with van der Waals surface area (Å²) in [5, 5.41) is 0. The number of benzene rings is 2. The molecule has 0 spiro atoms. The summed E-state index contributed by atoms with van der Waals surface area (Å²) in [5.41, 5.74) is 0.630. The Morgan fingerprint density at radius 1 is 0.947 bits per heavy atom. The largest absolute Gasteiger partial charge is 0.416 e. The van der Waals surface area contributed by atoms with Gasteiger partial charge in [-0.05, 0) is 35.7 Å². The number of halogens is 3. The van der Waals surface area contributed by atoms with Crippen molar-refractivity contribution in [2.45, 2.75) is 12.6 Å². The van der Waals surface area contributed by atoms with E-state index in [0.717, 1.165) is 17.7 Å². The summed E-state index contributed by atoms with van der Waals surface area (Å²) in [6, 6.07) is 12.6. The second-order valence-corrected chi connectivity index (χ2v) is 4.24. The van der Waals surface area contributed by atoms with Crippen LogP contribution in [-0.4, -0.2) is 6.29 Å². The topological polar surface area (TPSA) is 17.1 Å². The minimum atomic E-state index is -4.44. The SMILES string of the molecule is O=Cc1cc(Cc2ccccc2)cc(C(F)(F)F)c1. The molecule has 0 saturated carbocycles. The summed E-state index contributed by atoms with van der Waals surface area (Å²) in [4.78, 5) is 10.7. The number of hydrogen-bond donors (Lipinski definition) is 0.